The molecule has 0 aliphatic carbocycles. The zero-order valence-electron chi connectivity index (χ0n) is 12.9. The average Bonchev–Trinajstić information content (AvgIpc) is 2.38. The molecule has 0 aromatic heterocycles. The van der Waals surface area contributed by atoms with Crippen molar-refractivity contribution in [2.75, 3.05) is 50.0 Å². The third kappa shape index (κ3) is 4.69. The second kappa shape index (κ2) is 6.46. The van der Waals surface area contributed by atoms with Crippen LogP contribution in [0.4, 0.5) is 11.4 Å². The first-order valence-electron chi connectivity index (χ1n) is 7.41. The Kier molecular flexibility index (Phi) is 4.89. The lowest BCUT2D eigenvalue weighted by molar-refractivity contribution is -0.0135. The Hall–Kier alpha value is -1.26. The molecule has 1 aromatic carbocycles. The first-order chi connectivity index (χ1) is 9.44. The molecule has 2 rings (SSSR count). The van der Waals surface area contributed by atoms with Crippen LogP contribution in [0.1, 0.15) is 20.8 Å². The Balaban J connectivity index is 1.75. The number of hydrogen-bond donors (Lipinski definition) is 1. The van der Waals surface area contributed by atoms with E-state index in [2.05, 4.69) is 42.7 Å². The first-order valence-corrected chi connectivity index (χ1v) is 7.41. The van der Waals surface area contributed by atoms with Gasteiger partial charge in [0.1, 0.15) is 0 Å². The molecule has 1 fully saturated rings. The quantitative estimate of drug-likeness (QED) is 0.857. The summed E-state index contributed by atoms with van der Waals surface area (Å²) in [6.45, 7) is 12.4. The monoisotopic (exact) mass is 277 g/mol. The van der Waals surface area contributed by atoms with Crippen LogP contribution in [-0.4, -0.2) is 49.8 Å². The van der Waals surface area contributed by atoms with Gasteiger partial charge in [0.05, 0.1) is 12.2 Å². The third-order valence-electron chi connectivity index (χ3n) is 3.55. The predicted octanol–water partition coefficient (Wildman–Crippen LogP) is 2.21. The van der Waals surface area contributed by atoms with E-state index in [0.717, 1.165) is 45.0 Å². The lowest BCUT2D eigenvalue weighted by atomic mass is 10.2. The van der Waals surface area contributed by atoms with Gasteiger partial charge in [-0.3, -0.25) is 4.90 Å². The van der Waals surface area contributed by atoms with Gasteiger partial charge in [-0.15, -0.1) is 0 Å². The van der Waals surface area contributed by atoms with E-state index >= 15 is 0 Å². The Bertz CT molecular complexity index is 420. The molecule has 1 heterocycles. The van der Waals surface area contributed by atoms with Gasteiger partial charge in [0.15, 0.2) is 0 Å². The molecule has 0 amide bonds. The molecule has 4 heteroatoms. The minimum absolute atomic E-state index is 0.0383. The topological polar surface area (TPSA) is 41.7 Å². The fourth-order valence-corrected chi connectivity index (χ4v) is 2.43. The molecule has 0 spiro atoms. The van der Waals surface area contributed by atoms with Crippen molar-refractivity contribution in [3.63, 3.8) is 0 Å². The zero-order valence-corrected chi connectivity index (χ0v) is 12.9. The molecule has 1 aromatic rings. The van der Waals surface area contributed by atoms with Crippen LogP contribution < -0.4 is 10.6 Å². The summed E-state index contributed by atoms with van der Waals surface area (Å²) < 4.78 is 5.79. The van der Waals surface area contributed by atoms with E-state index in [1.165, 1.54) is 5.69 Å². The number of benzene rings is 1. The molecule has 0 saturated carbocycles. The highest BCUT2D eigenvalue weighted by molar-refractivity contribution is 5.56. The van der Waals surface area contributed by atoms with Gasteiger partial charge < -0.3 is 15.4 Å². The van der Waals surface area contributed by atoms with E-state index in [1.54, 1.807) is 0 Å². The van der Waals surface area contributed by atoms with E-state index in [1.807, 2.05) is 12.1 Å². The minimum Gasteiger partial charge on any atom is -0.399 e. The van der Waals surface area contributed by atoms with Gasteiger partial charge in [-0.25, -0.2) is 0 Å². The largest absolute Gasteiger partial charge is 0.399 e. The number of nitrogens with zero attached hydrogens (tertiary/aromatic N) is 2. The Morgan fingerprint density at radius 2 is 1.85 bits per heavy atom. The Morgan fingerprint density at radius 3 is 2.45 bits per heavy atom. The molecular formula is C16H27N3O. The van der Waals surface area contributed by atoms with Crippen molar-refractivity contribution < 1.29 is 4.74 Å². The molecule has 112 valence electrons. The highest BCUT2D eigenvalue weighted by Crippen LogP contribution is 2.19. The molecule has 4 nitrogen and oxygen atoms in total. The normalized spacial score (nSPS) is 17.4. The molecule has 20 heavy (non-hydrogen) atoms. The number of nitrogens with two attached hydrogens (primary N) is 1. The van der Waals surface area contributed by atoms with Gasteiger partial charge >= 0.3 is 0 Å². The molecule has 1 saturated heterocycles. The van der Waals surface area contributed by atoms with Crippen molar-refractivity contribution in [3.05, 3.63) is 24.3 Å². The number of hydrogen-bond acceptors (Lipinski definition) is 4. The number of nitrogen functional groups attached to an aromatic ring is 1. The number of piperazine rings is 1. The van der Waals surface area contributed by atoms with E-state index in [9.17, 15) is 0 Å². The van der Waals surface area contributed by atoms with Crippen molar-refractivity contribution in [3.8, 4) is 0 Å². The fourth-order valence-electron chi connectivity index (χ4n) is 2.43. The maximum atomic E-state index is 5.85. The van der Waals surface area contributed by atoms with Gasteiger partial charge in [0.2, 0.25) is 0 Å². The van der Waals surface area contributed by atoms with Crippen LogP contribution in [0.15, 0.2) is 24.3 Å². The van der Waals surface area contributed by atoms with Crippen LogP contribution in [0.2, 0.25) is 0 Å². The highest BCUT2D eigenvalue weighted by atomic mass is 16.5. The van der Waals surface area contributed by atoms with E-state index in [0.29, 0.717) is 0 Å². The lowest BCUT2D eigenvalue weighted by Gasteiger charge is -2.36. The third-order valence-corrected chi connectivity index (χ3v) is 3.55. The van der Waals surface area contributed by atoms with E-state index in [4.69, 9.17) is 10.5 Å². The first kappa shape index (κ1) is 15.1. The highest BCUT2D eigenvalue weighted by Gasteiger charge is 2.18. The fraction of sp³-hybridized carbons (Fsp3) is 0.625. The van der Waals surface area contributed by atoms with Crippen LogP contribution in [0.3, 0.4) is 0 Å². The maximum absolute atomic E-state index is 5.85. The summed E-state index contributed by atoms with van der Waals surface area (Å²) in [6.07, 6.45) is 0. The molecule has 0 atom stereocenters. The second-order valence-electron chi connectivity index (χ2n) is 6.38. The van der Waals surface area contributed by atoms with Crippen LogP contribution in [0.5, 0.6) is 0 Å². The summed E-state index contributed by atoms with van der Waals surface area (Å²) in [5.74, 6) is 0. The summed E-state index contributed by atoms with van der Waals surface area (Å²) in [7, 11) is 0. The molecule has 0 bridgehead atoms. The van der Waals surface area contributed by atoms with Crippen molar-refractivity contribution in [1.29, 1.82) is 0 Å². The summed E-state index contributed by atoms with van der Waals surface area (Å²) in [6, 6.07) is 8.14. The standard InChI is InChI=1S/C16H27N3O/c1-16(2,3)20-12-11-18-7-9-19(10-8-18)15-6-4-5-14(17)13-15/h4-6,13H,7-12,17H2,1-3H3. The van der Waals surface area contributed by atoms with Gasteiger partial charge in [-0.2, -0.15) is 0 Å². The van der Waals surface area contributed by atoms with Crippen LogP contribution in [0.25, 0.3) is 0 Å². The summed E-state index contributed by atoms with van der Waals surface area (Å²) in [5.41, 5.74) is 7.88. The number of rotatable bonds is 4. The molecule has 0 unspecified atom stereocenters. The SMILES string of the molecule is CC(C)(C)OCCN1CCN(c2cccc(N)c2)CC1. The molecule has 1 aliphatic heterocycles. The number of ether oxygens (including phenoxy) is 1. The minimum atomic E-state index is -0.0383. The van der Waals surface area contributed by atoms with Crippen molar-refractivity contribution >= 4 is 11.4 Å². The van der Waals surface area contributed by atoms with Gasteiger partial charge in [-0.1, -0.05) is 6.07 Å². The summed E-state index contributed by atoms with van der Waals surface area (Å²) >= 11 is 0. The van der Waals surface area contributed by atoms with Gasteiger partial charge in [0, 0.05) is 44.1 Å². The molecule has 1 aliphatic rings. The van der Waals surface area contributed by atoms with Crippen LogP contribution in [-0.2, 0) is 4.74 Å². The van der Waals surface area contributed by atoms with Gasteiger partial charge in [0.25, 0.3) is 0 Å². The summed E-state index contributed by atoms with van der Waals surface area (Å²) in [5, 5.41) is 0. The molecular weight excluding hydrogens is 250 g/mol. The molecule has 2 N–H and O–H groups in total. The van der Waals surface area contributed by atoms with Crippen molar-refractivity contribution in [2.45, 2.75) is 26.4 Å². The second-order valence-corrected chi connectivity index (χ2v) is 6.38. The van der Waals surface area contributed by atoms with Crippen molar-refractivity contribution in [2.24, 2.45) is 0 Å². The predicted molar refractivity (Wildman–Crippen MR) is 85.2 cm³/mol. The summed E-state index contributed by atoms with van der Waals surface area (Å²) in [4.78, 5) is 4.87. The maximum Gasteiger partial charge on any atom is 0.0600 e. The van der Waals surface area contributed by atoms with Crippen LogP contribution >= 0.6 is 0 Å². The lowest BCUT2D eigenvalue weighted by Crippen LogP contribution is -2.47. The van der Waals surface area contributed by atoms with E-state index in [-0.39, 0.29) is 5.60 Å². The Morgan fingerprint density at radius 1 is 1.15 bits per heavy atom. The molecule has 0 radical (unpaired) electrons. The Labute approximate surface area is 122 Å². The van der Waals surface area contributed by atoms with Crippen molar-refractivity contribution in [1.82, 2.24) is 4.90 Å². The zero-order chi connectivity index (χ0) is 14.6. The average molecular weight is 277 g/mol. The van der Waals surface area contributed by atoms with Crippen LogP contribution in [0, 0.1) is 0 Å². The smallest absolute Gasteiger partial charge is 0.0600 e. The van der Waals surface area contributed by atoms with Gasteiger partial charge in [-0.05, 0) is 39.0 Å². The van der Waals surface area contributed by atoms with E-state index < -0.39 is 0 Å². The number of anilines is 2.